The number of nitrogens with two attached hydrogens (primary N) is 1. The summed E-state index contributed by atoms with van der Waals surface area (Å²) >= 11 is 1.53. The minimum Gasteiger partial charge on any atom is -0.383 e. The molecule has 7 rings (SSSR count). The lowest BCUT2D eigenvalue weighted by molar-refractivity contribution is -0.125. The Bertz CT molecular complexity index is 1830. The molecule has 1 aliphatic carbocycles. The van der Waals surface area contributed by atoms with Crippen LogP contribution in [-0.2, 0) is 11.8 Å². The highest BCUT2D eigenvalue weighted by molar-refractivity contribution is 7.13. The molecule has 1 saturated carbocycles. The van der Waals surface area contributed by atoms with Crippen molar-refractivity contribution in [3.8, 4) is 22.4 Å². The number of likely N-dealkylation sites (tertiary alicyclic amines) is 1. The van der Waals surface area contributed by atoms with E-state index in [9.17, 15) is 4.79 Å². The summed E-state index contributed by atoms with van der Waals surface area (Å²) in [5.74, 6) is 8.58. The van der Waals surface area contributed by atoms with Crippen LogP contribution in [0.2, 0.25) is 0 Å². The van der Waals surface area contributed by atoms with E-state index in [0.29, 0.717) is 35.9 Å². The second-order valence-electron chi connectivity index (χ2n) is 10.1. The molecule has 5 aromatic rings. The van der Waals surface area contributed by atoms with E-state index in [-0.39, 0.29) is 11.9 Å². The van der Waals surface area contributed by atoms with Crippen LogP contribution in [0.5, 0.6) is 0 Å². The molecule has 1 saturated heterocycles. The van der Waals surface area contributed by atoms with Crippen LogP contribution in [0.3, 0.4) is 0 Å². The number of aryl methyl sites for hydroxylation is 1. The highest BCUT2D eigenvalue weighted by atomic mass is 32.1. The number of nitrogen functional groups attached to an aromatic ring is 1. The van der Waals surface area contributed by atoms with E-state index >= 15 is 0 Å². The van der Waals surface area contributed by atoms with Crippen molar-refractivity contribution in [1.82, 2.24) is 34.2 Å². The average Bonchev–Trinajstić information content (AvgIpc) is 3.34. The minimum absolute atomic E-state index is 0.0295. The second-order valence-corrected chi connectivity index (χ2v) is 11.0. The Hall–Kier alpha value is -4.49. The third kappa shape index (κ3) is 3.97. The zero-order valence-electron chi connectivity index (χ0n) is 21.5. The smallest absolute Gasteiger partial charge is 0.246 e. The maximum atomic E-state index is 12.3. The van der Waals surface area contributed by atoms with Gasteiger partial charge in [0.25, 0.3) is 0 Å². The van der Waals surface area contributed by atoms with Crippen molar-refractivity contribution in [2.75, 3.05) is 18.8 Å². The van der Waals surface area contributed by atoms with Gasteiger partial charge in [-0.05, 0) is 49.5 Å². The van der Waals surface area contributed by atoms with Gasteiger partial charge in [0.2, 0.25) is 5.91 Å². The Labute approximate surface area is 229 Å². The molecule has 0 spiro atoms. The van der Waals surface area contributed by atoms with E-state index in [1.807, 2.05) is 22.2 Å². The number of carbonyl (C=O) groups is 1. The molecule has 194 valence electrons. The first-order valence-corrected chi connectivity index (χ1v) is 13.9. The average molecular weight is 535 g/mol. The van der Waals surface area contributed by atoms with Gasteiger partial charge in [-0.25, -0.2) is 15.0 Å². The number of amides is 1. The van der Waals surface area contributed by atoms with Crippen molar-refractivity contribution in [2.24, 2.45) is 7.05 Å². The zero-order chi connectivity index (χ0) is 26.7. The Balaban J connectivity index is 1.34. The lowest BCUT2D eigenvalue weighted by atomic mass is 10.1. The Morgan fingerprint density at radius 3 is 2.87 bits per heavy atom. The molecule has 1 amide bonds. The van der Waals surface area contributed by atoms with Gasteiger partial charge in [-0.3, -0.25) is 9.48 Å². The normalized spacial score (nSPS) is 17.1. The van der Waals surface area contributed by atoms with Crippen molar-refractivity contribution < 1.29 is 4.79 Å². The van der Waals surface area contributed by atoms with Gasteiger partial charge in [-0.1, -0.05) is 12.5 Å². The highest BCUT2D eigenvalue weighted by Crippen LogP contribution is 2.40. The van der Waals surface area contributed by atoms with Gasteiger partial charge in [0.15, 0.2) is 0 Å². The molecule has 0 bridgehead atoms. The Kier molecular flexibility index (Phi) is 5.49. The van der Waals surface area contributed by atoms with Crippen LogP contribution in [0, 0.1) is 11.8 Å². The van der Waals surface area contributed by atoms with E-state index in [4.69, 9.17) is 15.8 Å². The van der Waals surface area contributed by atoms with Gasteiger partial charge in [0.1, 0.15) is 22.3 Å². The van der Waals surface area contributed by atoms with Crippen LogP contribution in [0.1, 0.15) is 48.3 Å². The molecule has 2 N–H and O–H groups in total. The van der Waals surface area contributed by atoms with Crippen LogP contribution in [-0.4, -0.2) is 53.2 Å². The molecule has 4 aromatic heterocycles. The van der Waals surface area contributed by atoms with Crippen LogP contribution in [0.25, 0.3) is 32.5 Å². The molecular weight excluding hydrogens is 508 g/mol. The topological polar surface area (TPSA) is 108 Å². The molecular formula is C29H26N8OS. The van der Waals surface area contributed by atoms with Crippen LogP contribution in [0.4, 0.5) is 5.82 Å². The summed E-state index contributed by atoms with van der Waals surface area (Å²) in [6.07, 6.45) is 8.06. The lowest BCUT2D eigenvalue weighted by Crippen LogP contribution is -2.27. The van der Waals surface area contributed by atoms with Gasteiger partial charge in [0, 0.05) is 49.4 Å². The summed E-state index contributed by atoms with van der Waals surface area (Å²) in [6.45, 7) is 4.81. The third-order valence-electron chi connectivity index (χ3n) is 7.60. The van der Waals surface area contributed by atoms with Crippen LogP contribution < -0.4 is 5.73 Å². The molecule has 0 radical (unpaired) electrons. The number of fused-ring (bicyclic) bond motifs is 2. The van der Waals surface area contributed by atoms with E-state index in [2.05, 4.69) is 46.1 Å². The number of rotatable bonds is 4. The number of nitrogens with zero attached hydrogens (tertiary/aromatic N) is 7. The molecule has 5 heterocycles. The summed E-state index contributed by atoms with van der Waals surface area (Å²) in [6, 6.07) is 6.10. The number of hydrogen-bond acceptors (Lipinski definition) is 7. The van der Waals surface area contributed by atoms with Gasteiger partial charge in [0.05, 0.1) is 33.5 Å². The van der Waals surface area contributed by atoms with E-state index in [1.54, 1.807) is 17.3 Å². The predicted molar refractivity (Wildman–Crippen MR) is 152 cm³/mol. The van der Waals surface area contributed by atoms with Gasteiger partial charge in [-0.15, -0.1) is 11.3 Å². The van der Waals surface area contributed by atoms with Crippen molar-refractivity contribution in [3.63, 3.8) is 0 Å². The largest absolute Gasteiger partial charge is 0.383 e. The Morgan fingerprint density at radius 1 is 1.23 bits per heavy atom. The van der Waals surface area contributed by atoms with Gasteiger partial charge >= 0.3 is 0 Å². The SMILES string of the molecule is C=CC(=O)N1CC[C@H](n2nc(C#Cc3ccc4c(c3)nc(C3CC3)n4C)c3c(N)ncc(-c4nccs4)c32)C1. The summed E-state index contributed by atoms with van der Waals surface area (Å²) in [5, 5.41) is 8.44. The minimum atomic E-state index is -0.0786. The van der Waals surface area contributed by atoms with Crippen molar-refractivity contribution in [2.45, 2.75) is 31.2 Å². The molecule has 1 aromatic carbocycles. The fraction of sp³-hybridized carbons (Fsp3) is 0.276. The molecule has 1 aliphatic heterocycles. The fourth-order valence-electron chi connectivity index (χ4n) is 5.46. The first-order chi connectivity index (χ1) is 19.0. The Morgan fingerprint density at radius 2 is 2.10 bits per heavy atom. The number of anilines is 1. The summed E-state index contributed by atoms with van der Waals surface area (Å²) in [5.41, 5.74) is 11.6. The van der Waals surface area contributed by atoms with Crippen LogP contribution >= 0.6 is 11.3 Å². The molecule has 10 heteroatoms. The summed E-state index contributed by atoms with van der Waals surface area (Å²) in [4.78, 5) is 28.0. The summed E-state index contributed by atoms with van der Waals surface area (Å²) < 4.78 is 4.15. The number of aromatic nitrogens is 6. The predicted octanol–water partition coefficient (Wildman–Crippen LogP) is 4.26. The number of hydrogen-bond donors (Lipinski definition) is 1. The van der Waals surface area contributed by atoms with E-state index in [0.717, 1.165) is 44.9 Å². The number of benzene rings is 1. The molecule has 2 aliphatic rings. The standard InChI is InChI=1S/C29H26N8OS/c1-3-24(38)36-12-10-19(16-36)37-26-20(29-31-11-13-39-29)15-32-27(30)25(26)21(34-37)8-4-17-5-9-23-22(14-17)33-28(35(23)2)18-6-7-18/h3,5,9,11,13-15,18-19H,1,6-7,10,12,16H2,2H3,(H2,30,32)/t19-/m0/s1. The van der Waals surface area contributed by atoms with Crippen molar-refractivity contribution in [3.05, 3.63) is 65.7 Å². The maximum Gasteiger partial charge on any atom is 0.246 e. The first-order valence-electron chi connectivity index (χ1n) is 13.0. The zero-order valence-corrected chi connectivity index (χ0v) is 22.3. The monoisotopic (exact) mass is 534 g/mol. The number of pyridine rings is 1. The third-order valence-corrected chi connectivity index (χ3v) is 8.40. The van der Waals surface area contributed by atoms with Crippen molar-refractivity contribution >= 4 is 45.0 Å². The number of thiazole rings is 1. The maximum absolute atomic E-state index is 12.3. The number of carbonyl (C=O) groups excluding carboxylic acids is 1. The molecule has 9 nitrogen and oxygen atoms in total. The van der Waals surface area contributed by atoms with Crippen LogP contribution in [0.15, 0.2) is 48.6 Å². The van der Waals surface area contributed by atoms with Gasteiger partial charge < -0.3 is 15.2 Å². The summed E-state index contributed by atoms with van der Waals surface area (Å²) in [7, 11) is 2.08. The van der Waals surface area contributed by atoms with E-state index in [1.165, 1.54) is 30.3 Å². The van der Waals surface area contributed by atoms with Crippen molar-refractivity contribution in [1.29, 1.82) is 0 Å². The fourth-order valence-corrected chi connectivity index (χ4v) is 6.11. The second kappa shape index (κ2) is 9.06. The molecule has 39 heavy (non-hydrogen) atoms. The first kappa shape index (κ1) is 23.6. The number of imidazole rings is 1. The lowest BCUT2D eigenvalue weighted by Gasteiger charge is -2.16. The van der Waals surface area contributed by atoms with Gasteiger partial charge in [-0.2, -0.15) is 5.10 Å². The highest BCUT2D eigenvalue weighted by Gasteiger charge is 2.31. The molecule has 0 unspecified atom stereocenters. The molecule has 1 atom stereocenters. The van der Waals surface area contributed by atoms with E-state index < -0.39 is 0 Å². The quantitative estimate of drug-likeness (QED) is 0.273. The molecule has 2 fully saturated rings.